The van der Waals surface area contributed by atoms with Crippen molar-refractivity contribution in [2.24, 2.45) is 11.1 Å². The molecule has 0 radical (unpaired) electrons. The van der Waals surface area contributed by atoms with Gasteiger partial charge in [0, 0.05) is 40.8 Å². The Morgan fingerprint density at radius 2 is 1.77 bits per heavy atom. The molecule has 0 amide bonds. The van der Waals surface area contributed by atoms with E-state index in [4.69, 9.17) is 4.84 Å². The van der Waals surface area contributed by atoms with Gasteiger partial charge in [-0.05, 0) is 49.9 Å². The van der Waals surface area contributed by atoms with Crippen LogP contribution in [0.2, 0.25) is 0 Å². The second-order valence-electron chi connectivity index (χ2n) is 8.49. The lowest BCUT2D eigenvalue weighted by Gasteiger charge is -2.21. The molecule has 0 N–H and O–H groups in total. The van der Waals surface area contributed by atoms with Gasteiger partial charge in [-0.2, -0.15) is 0 Å². The average Bonchev–Trinajstić information content (AvgIpc) is 3.12. The fourth-order valence-electron chi connectivity index (χ4n) is 4.84. The van der Waals surface area contributed by atoms with E-state index in [1.807, 2.05) is 30.3 Å². The van der Waals surface area contributed by atoms with Gasteiger partial charge >= 0.3 is 5.97 Å². The normalized spacial score (nSPS) is 15.5. The highest BCUT2D eigenvalue weighted by atomic mass is 16.7. The summed E-state index contributed by atoms with van der Waals surface area (Å²) in [5.41, 5.74) is 3.19. The Kier molecular flexibility index (Phi) is 6.50. The molecule has 3 aromatic rings. The Morgan fingerprint density at radius 3 is 2.52 bits per heavy atom. The molecule has 162 valence electrons. The molecule has 5 nitrogen and oxygen atoms in total. The number of hydrogen-bond donors (Lipinski definition) is 0. The molecule has 0 unspecified atom stereocenters. The zero-order valence-electron chi connectivity index (χ0n) is 18.4. The first-order valence-electron chi connectivity index (χ1n) is 11.4. The van der Waals surface area contributed by atoms with Crippen LogP contribution in [0.15, 0.2) is 47.6 Å². The highest BCUT2D eigenvalue weighted by molar-refractivity contribution is 6.46. The molecular weight excluding hydrogens is 388 g/mol. The fourth-order valence-corrected chi connectivity index (χ4v) is 4.84. The van der Waals surface area contributed by atoms with E-state index in [1.165, 1.54) is 39.0 Å². The number of fused-ring (bicyclic) bond motifs is 3. The Balaban J connectivity index is 1.66. The predicted molar refractivity (Wildman–Crippen MR) is 124 cm³/mol. The van der Waals surface area contributed by atoms with Crippen LogP contribution in [0.5, 0.6) is 0 Å². The summed E-state index contributed by atoms with van der Waals surface area (Å²) in [6, 6.07) is 14.1. The van der Waals surface area contributed by atoms with Gasteiger partial charge < -0.3 is 9.40 Å². The van der Waals surface area contributed by atoms with Gasteiger partial charge in [0.1, 0.15) is 5.71 Å². The summed E-state index contributed by atoms with van der Waals surface area (Å²) >= 11 is 0. The molecule has 1 aliphatic rings. The number of aromatic nitrogens is 1. The van der Waals surface area contributed by atoms with Crippen LogP contribution in [-0.4, -0.2) is 22.0 Å². The quantitative estimate of drug-likeness (QED) is 0.196. The van der Waals surface area contributed by atoms with E-state index in [-0.39, 0.29) is 5.78 Å². The number of para-hydroxylation sites is 1. The van der Waals surface area contributed by atoms with Crippen molar-refractivity contribution in [3.05, 3.63) is 48.0 Å². The number of rotatable bonds is 7. The number of oxime groups is 1. The molecule has 0 spiro atoms. The number of ketones is 1. The van der Waals surface area contributed by atoms with Crippen LogP contribution in [0.25, 0.3) is 21.8 Å². The minimum atomic E-state index is -0.510. The third-order valence-electron chi connectivity index (χ3n) is 6.41. The van der Waals surface area contributed by atoms with Crippen LogP contribution in [-0.2, 0) is 16.2 Å². The van der Waals surface area contributed by atoms with E-state index < -0.39 is 5.97 Å². The second-order valence-corrected chi connectivity index (χ2v) is 8.49. The highest BCUT2D eigenvalue weighted by Gasteiger charge is 2.21. The summed E-state index contributed by atoms with van der Waals surface area (Å²) in [6.45, 7) is 4.29. The van der Waals surface area contributed by atoms with Crippen LogP contribution >= 0.6 is 0 Å². The van der Waals surface area contributed by atoms with Crippen molar-refractivity contribution in [3.63, 3.8) is 0 Å². The van der Waals surface area contributed by atoms with Gasteiger partial charge in [-0.3, -0.25) is 4.79 Å². The molecule has 5 heteroatoms. The van der Waals surface area contributed by atoms with Gasteiger partial charge in [-0.15, -0.1) is 0 Å². The number of nitrogens with zero attached hydrogens (tertiary/aromatic N) is 2. The molecule has 1 heterocycles. The first-order valence-corrected chi connectivity index (χ1v) is 11.4. The van der Waals surface area contributed by atoms with Crippen molar-refractivity contribution in [2.45, 2.75) is 65.3 Å². The van der Waals surface area contributed by atoms with Crippen LogP contribution < -0.4 is 0 Å². The number of carbonyl (C=O) groups is 2. The van der Waals surface area contributed by atoms with E-state index in [9.17, 15) is 9.59 Å². The van der Waals surface area contributed by atoms with E-state index in [0.29, 0.717) is 23.6 Å². The molecule has 0 atom stereocenters. The molecule has 1 aromatic heterocycles. The van der Waals surface area contributed by atoms with Crippen LogP contribution in [0.3, 0.4) is 0 Å². The zero-order chi connectivity index (χ0) is 21.8. The van der Waals surface area contributed by atoms with Crippen molar-refractivity contribution in [3.8, 4) is 0 Å². The number of carbonyl (C=O) groups excluding carboxylic acids is 2. The second kappa shape index (κ2) is 9.46. The first-order chi connectivity index (χ1) is 15.1. The summed E-state index contributed by atoms with van der Waals surface area (Å²) in [5, 5.41) is 6.15. The maximum atomic E-state index is 13.4. The summed E-state index contributed by atoms with van der Waals surface area (Å²) in [6.07, 6.45) is 7.67. The Hall–Kier alpha value is -2.95. The molecule has 1 aliphatic carbocycles. The lowest BCUT2D eigenvalue weighted by atomic mass is 9.85. The van der Waals surface area contributed by atoms with Crippen molar-refractivity contribution < 1.29 is 14.4 Å². The van der Waals surface area contributed by atoms with E-state index >= 15 is 0 Å². The van der Waals surface area contributed by atoms with E-state index in [2.05, 4.69) is 28.8 Å². The van der Waals surface area contributed by atoms with E-state index in [1.54, 1.807) is 0 Å². The third kappa shape index (κ3) is 4.55. The lowest BCUT2D eigenvalue weighted by molar-refractivity contribution is -0.140. The maximum absolute atomic E-state index is 13.4. The van der Waals surface area contributed by atoms with Crippen LogP contribution in [0.1, 0.15) is 69.2 Å². The average molecular weight is 419 g/mol. The van der Waals surface area contributed by atoms with Gasteiger partial charge in [-0.1, -0.05) is 55.5 Å². The standard InChI is InChI=1S/C26H30N2O3/c1-3-28-24-12-8-7-11-21(24)22-17-20(14-16-25(22)28)26(30)23(27-31-18(2)29)15-13-19-9-5-4-6-10-19/h7-8,11-12,14,16-17,19H,3-6,9-10,13,15H2,1-2H3. The zero-order valence-corrected chi connectivity index (χ0v) is 18.4. The molecular formula is C26H30N2O3. The molecule has 0 aliphatic heterocycles. The summed E-state index contributed by atoms with van der Waals surface area (Å²) in [5.74, 6) is -0.0502. The lowest BCUT2D eigenvalue weighted by Crippen LogP contribution is -2.18. The van der Waals surface area contributed by atoms with E-state index in [0.717, 1.165) is 34.8 Å². The molecule has 4 rings (SSSR count). The van der Waals surface area contributed by atoms with Crippen molar-refractivity contribution >= 4 is 39.3 Å². The molecule has 31 heavy (non-hydrogen) atoms. The number of aryl methyl sites for hydroxylation is 1. The summed E-state index contributed by atoms with van der Waals surface area (Å²) in [7, 11) is 0. The monoisotopic (exact) mass is 418 g/mol. The maximum Gasteiger partial charge on any atom is 0.331 e. The smallest absolute Gasteiger partial charge is 0.331 e. The Bertz CT molecular complexity index is 1140. The number of benzene rings is 2. The molecule has 1 fully saturated rings. The van der Waals surface area contributed by atoms with Crippen molar-refractivity contribution in [2.75, 3.05) is 0 Å². The van der Waals surface area contributed by atoms with Gasteiger partial charge in [0.15, 0.2) is 0 Å². The van der Waals surface area contributed by atoms with Crippen LogP contribution in [0, 0.1) is 5.92 Å². The number of hydrogen-bond acceptors (Lipinski definition) is 4. The van der Waals surface area contributed by atoms with Gasteiger partial charge in [0.05, 0.1) is 0 Å². The highest BCUT2D eigenvalue weighted by Crippen LogP contribution is 2.31. The molecule has 1 saturated carbocycles. The molecule has 0 bridgehead atoms. The van der Waals surface area contributed by atoms with Crippen LogP contribution in [0.4, 0.5) is 0 Å². The fraction of sp³-hybridized carbons (Fsp3) is 0.423. The minimum Gasteiger partial charge on any atom is -0.341 e. The largest absolute Gasteiger partial charge is 0.341 e. The molecule has 2 aromatic carbocycles. The predicted octanol–water partition coefficient (Wildman–Crippen LogP) is 6.28. The SMILES string of the molecule is CCn1c2ccccc2c2cc(C(=O)C(CCC3CCCCC3)=NOC(C)=O)ccc21. The first kappa shape index (κ1) is 21.3. The third-order valence-corrected chi connectivity index (χ3v) is 6.41. The van der Waals surface area contributed by atoms with Gasteiger partial charge in [0.2, 0.25) is 5.78 Å². The Morgan fingerprint density at radius 1 is 1.03 bits per heavy atom. The number of Topliss-reactive ketones (excluding diaryl/α,β-unsaturated/α-hetero) is 1. The topological polar surface area (TPSA) is 60.7 Å². The van der Waals surface area contributed by atoms with Crippen molar-refractivity contribution in [1.29, 1.82) is 0 Å². The van der Waals surface area contributed by atoms with Crippen molar-refractivity contribution in [1.82, 2.24) is 4.57 Å². The minimum absolute atomic E-state index is 0.160. The van der Waals surface area contributed by atoms with Gasteiger partial charge in [0.25, 0.3) is 0 Å². The molecule has 0 saturated heterocycles. The van der Waals surface area contributed by atoms with Gasteiger partial charge in [-0.25, -0.2) is 4.79 Å². The Labute approximate surface area is 183 Å². The summed E-state index contributed by atoms with van der Waals surface area (Å²) in [4.78, 5) is 29.6. The summed E-state index contributed by atoms with van der Waals surface area (Å²) < 4.78 is 2.26.